The molecule has 104 valence electrons. The van der Waals surface area contributed by atoms with Crippen LogP contribution in [-0.2, 0) is 4.74 Å². The summed E-state index contributed by atoms with van der Waals surface area (Å²) in [6, 6.07) is 7.90. The Labute approximate surface area is 114 Å². The van der Waals surface area contributed by atoms with E-state index >= 15 is 0 Å². The number of ether oxygens (including phenoxy) is 1. The van der Waals surface area contributed by atoms with Crippen LogP contribution in [0, 0.1) is 0 Å². The van der Waals surface area contributed by atoms with E-state index in [1.807, 2.05) is 29.2 Å². The Morgan fingerprint density at radius 2 is 2.16 bits per heavy atom. The predicted octanol–water partition coefficient (Wildman–Crippen LogP) is 3.34. The van der Waals surface area contributed by atoms with Crippen LogP contribution in [0.15, 0.2) is 24.3 Å². The van der Waals surface area contributed by atoms with Gasteiger partial charge in [-0.3, -0.25) is 0 Å². The fourth-order valence-electron chi connectivity index (χ4n) is 2.44. The van der Waals surface area contributed by atoms with E-state index in [0.29, 0.717) is 6.61 Å². The summed E-state index contributed by atoms with van der Waals surface area (Å²) in [4.78, 5) is 13.9. The Bertz CT molecular complexity index is 417. The van der Waals surface area contributed by atoms with Gasteiger partial charge in [0.15, 0.2) is 0 Å². The van der Waals surface area contributed by atoms with E-state index < -0.39 is 0 Å². The van der Waals surface area contributed by atoms with Crippen LogP contribution in [0.25, 0.3) is 0 Å². The zero-order valence-electron chi connectivity index (χ0n) is 11.5. The topological polar surface area (TPSA) is 55.6 Å². The van der Waals surface area contributed by atoms with Crippen LogP contribution in [0.4, 0.5) is 10.5 Å². The maximum atomic E-state index is 12.0. The number of hydrogen-bond acceptors (Lipinski definition) is 3. The molecule has 1 aromatic rings. The number of carbonyl (C=O) groups excluding carboxylic acids is 1. The van der Waals surface area contributed by atoms with E-state index in [9.17, 15) is 4.79 Å². The maximum absolute atomic E-state index is 12.0. The van der Waals surface area contributed by atoms with Gasteiger partial charge in [0.1, 0.15) is 0 Å². The van der Waals surface area contributed by atoms with Crippen molar-refractivity contribution < 1.29 is 9.53 Å². The highest BCUT2D eigenvalue weighted by molar-refractivity contribution is 5.68. The normalized spacial score (nSPS) is 18.6. The van der Waals surface area contributed by atoms with Crippen molar-refractivity contribution in [2.75, 3.05) is 18.9 Å². The molecule has 0 aromatic heterocycles. The minimum Gasteiger partial charge on any atom is -0.449 e. The first-order chi connectivity index (χ1) is 9.22. The Morgan fingerprint density at radius 1 is 1.42 bits per heavy atom. The van der Waals surface area contributed by atoms with Gasteiger partial charge < -0.3 is 15.4 Å². The molecule has 1 fully saturated rings. The average Bonchev–Trinajstić information content (AvgIpc) is 2.89. The van der Waals surface area contributed by atoms with E-state index in [2.05, 4.69) is 6.92 Å². The standard InChI is InChI=1S/C15H22N2O2/c1-2-3-11-19-15(18)17-10-4-5-14(17)12-6-8-13(16)9-7-12/h6-9,14H,2-5,10-11,16H2,1H3. The number of nitrogen functional groups attached to an aromatic ring is 1. The smallest absolute Gasteiger partial charge is 0.410 e. The number of nitrogens with two attached hydrogens (primary N) is 1. The molecule has 1 aliphatic heterocycles. The molecule has 4 nitrogen and oxygen atoms in total. The maximum Gasteiger partial charge on any atom is 0.410 e. The van der Waals surface area contributed by atoms with E-state index in [-0.39, 0.29) is 12.1 Å². The number of unbranched alkanes of at least 4 members (excludes halogenated alkanes) is 1. The first-order valence-corrected chi connectivity index (χ1v) is 7.01. The first kappa shape index (κ1) is 13.7. The molecule has 4 heteroatoms. The molecule has 2 rings (SSSR count). The Hall–Kier alpha value is -1.71. The summed E-state index contributed by atoms with van der Waals surface area (Å²) in [7, 11) is 0. The largest absolute Gasteiger partial charge is 0.449 e. The summed E-state index contributed by atoms with van der Waals surface area (Å²) >= 11 is 0. The van der Waals surface area contributed by atoms with Gasteiger partial charge >= 0.3 is 6.09 Å². The third kappa shape index (κ3) is 3.40. The molecule has 1 aliphatic rings. The van der Waals surface area contributed by atoms with Crippen molar-refractivity contribution in [3.05, 3.63) is 29.8 Å². The van der Waals surface area contributed by atoms with Crippen molar-refractivity contribution in [1.29, 1.82) is 0 Å². The van der Waals surface area contributed by atoms with Gasteiger partial charge in [0.25, 0.3) is 0 Å². The molecule has 0 aliphatic carbocycles. The van der Waals surface area contributed by atoms with Crippen LogP contribution in [0.3, 0.4) is 0 Å². The van der Waals surface area contributed by atoms with Crippen molar-refractivity contribution >= 4 is 11.8 Å². The minimum absolute atomic E-state index is 0.134. The molecule has 1 atom stereocenters. The fourth-order valence-corrected chi connectivity index (χ4v) is 2.44. The number of anilines is 1. The molecule has 1 amide bonds. The molecule has 0 bridgehead atoms. The van der Waals surface area contributed by atoms with Crippen LogP contribution < -0.4 is 5.73 Å². The number of rotatable bonds is 4. The molecule has 19 heavy (non-hydrogen) atoms. The lowest BCUT2D eigenvalue weighted by molar-refractivity contribution is 0.0968. The average molecular weight is 262 g/mol. The lowest BCUT2D eigenvalue weighted by Gasteiger charge is -2.24. The van der Waals surface area contributed by atoms with Crippen LogP contribution in [0.2, 0.25) is 0 Å². The van der Waals surface area contributed by atoms with Crippen LogP contribution in [-0.4, -0.2) is 24.1 Å². The highest BCUT2D eigenvalue weighted by Gasteiger charge is 2.30. The van der Waals surface area contributed by atoms with Gasteiger partial charge in [-0.1, -0.05) is 25.5 Å². The summed E-state index contributed by atoms with van der Waals surface area (Å²) in [6.45, 7) is 3.38. The van der Waals surface area contributed by atoms with Crippen molar-refractivity contribution in [2.45, 2.75) is 38.6 Å². The van der Waals surface area contributed by atoms with Crippen LogP contribution in [0.1, 0.15) is 44.2 Å². The second-order valence-electron chi connectivity index (χ2n) is 4.99. The predicted molar refractivity (Wildman–Crippen MR) is 75.8 cm³/mol. The van der Waals surface area contributed by atoms with Gasteiger partial charge in [-0.2, -0.15) is 0 Å². The van der Waals surface area contributed by atoms with Gasteiger partial charge in [-0.25, -0.2) is 4.79 Å². The minimum atomic E-state index is -0.187. The molecule has 1 aromatic carbocycles. The Kier molecular flexibility index (Phi) is 4.66. The second-order valence-corrected chi connectivity index (χ2v) is 4.99. The number of nitrogens with zero attached hydrogens (tertiary/aromatic N) is 1. The fraction of sp³-hybridized carbons (Fsp3) is 0.533. The van der Waals surface area contributed by atoms with E-state index in [1.165, 1.54) is 0 Å². The van der Waals surface area contributed by atoms with Crippen molar-refractivity contribution in [3.63, 3.8) is 0 Å². The molecule has 1 unspecified atom stereocenters. The van der Waals surface area contributed by atoms with Gasteiger partial charge in [0.05, 0.1) is 12.6 Å². The quantitative estimate of drug-likeness (QED) is 0.668. The Balaban J connectivity index is 2.00. The van der Waals surface area contributed by atoms with Gasteiger partial charge in [0, 0.05) is 12.2 Å². The van der Waals surface area contributed by atoms with Crippen molar-refractivity contribution in [3.8, 4) is 0 Å². The molecule has 1 heterocycles. The van der Waals surface area contributed by atoms with Crippen molar-refractivity contribution in [1.82, 2.24) is 4.90 Å². The SMILES string of the molecule is CCCCOC(=O)N1CCCC1c1ccc(N)cc1. The van der Waals surface area contributed by atoms with Gasteiger partial charge in [-0.05, 0) is 37.0 Å². The third-order valence-corrected chi connectivity index (χ3v) is 3.53. The zero-order chi connectivity index (χ0) is 13.7. The second kappa shape index (κ2) is 6.45. The van der Waals surface area contributed by atoms with Crippen molar-refractivity contribution in [2.24, 2.45) is 0 Å². The van der Waals surface area contributed by atoms with E-state index in [1.54, 1.807) is 0 Å². The molecular formula is C15H22N2O2. The number of amides is 1. The van der Waals surface area contributed by atoms with Crippen LogP contribution in [0.5, 0.6) is 0 Å². The van der Waals surface area contributed by atoms with Gasteiger partial charge in [0.2, 0.25) is 0 Å². The number of hydrogen-bond donors (Lipinski definition) is 1. The summed E-state index contributed by atoms with van der Waals surface area (Å²) in [5.74, 6) is 0. The lowest BCUT2D eigenvalue weighted by atomic mass is 10.0. The van der Waals surface area contributed by atoms with Gasteiger partial charge in [-0.15, -0.1) is 0 Å². The lowest BCUT2D eigenvalue weighted by Crippen LogP contribution is -2.31. The molecule has 0 spiro atoms. The molecule has 1 saturated heterocycles. The Morgan fingerprint density at radius 3 is 2.84 bits per heavy atom. The van der Waals surface area contributed by atoms with Crippen LogP contribution >= 0.6 is 0 Å². The zero-order valence-corrected chi connectivity index (χ0v) is 11.5. The summed E-state index contributed by atoms with van der Waals surface area (Å²) in [6.07, 6.45) is 3.79. The molecular weight excluding hydrogens is 240 g/mol. The number of carbonyl (C=O) groups is 1. The highest BCUT2D eigenvalue weighted by atomic mass is 16.6. The number of benzene rings is 1. The summed E-state index contributed by atoms with van der Waals surface area (Å²) in [5, 5.41) is 0. The summed E-state index contributed by atoms with van der Waals surface area (Å²) in [5.41, 5.74) is 7.58. The molecule has 0 saturated carbocycles. The number of likely N-dealkylation sites (tertiary alicyclic amines) is 1. The molecule has 2 N–H and O–H groups in total. The highest BCUT2D eigenvalue weighted by Crippen LogP contribution is 2.32. The van der Waals surface area contributed by atoms with E-state index in [4.69, 9.17) is 10.5 Å². The summed E-state index contributed by atoms with van der Waals surface area (Å²) < 4.78 is 5.30. The molecule has 0 radical (unpaired) electrons. The van der Waals surface area contributed by atoms with E-state index in [0.717, 1.165) is 43.5 Å². The first-order valence-electron chi connectivity index (χ1n) is 7.01. The monoisotopic (exact) mass is 262 g/mol. The third-order valence-electron chi connectivity index (χ3n) is 3.53.